The zero-order valence-electron chi connectivity index (χ0n) is 18.6. The molecular formula is C21H36N4O4S. The third kappa shape index (κ3) is 7.68. The van der Waals surface area contributed by atoms with Crippen LogP contribution < -0.4 is 20.1 Å². The van der Waals surface area contributed by atoms with E-state index in [0.29, 0.717) is 32.2 Å². The van der Waals surface area contributed by atoms with Crippen LogP contribution in [0.5, 0.6) is 11.5 Å². The fourth-order valence-electron chi connectivity index (χ4n) is 3.48. The number of nitrogens with one attached hydrogen (secondary N) is 2. The Morgan fingerprint density at radius 3 is 2.40 bits per heavy atom. The van der Waals surface area contributed by atoms with Crippen molar-refractivity contribution in [1.29, 1.82) is 0 Å². The molecule has 1 aliphatic heterocycles. The Hall–Kier alpha value is -2.00. The molecule has 0 amide bonds. The molecule has 0 bridgehead atoms. The van der Waals surface area contributed by atoms with E-state index >= 15 is 0 Å². The predicted molar refractivity (Wildman–Crippen MR) is 121 cm³/mol. The molecule has 8 nitrogen and oxygen atoms in total. The van der Waals surface area contributed by atoms with Crippen molar-refractivity contribution in [3.63, 3.8) is 0 Å². The molecule has 2 N–H and O–H groups in total. The van der Waals surface area contributed by atoms with Crippen molar-refractivity contribution in [3.8, 4) is 11.5 Å². The minimum absolute atomic E-state index is 0.446. The standard InChI is InChI=1S/C21H36N4O4S/c1-5-28-19-8-7-17(15-20(19)29-6-2)9-12-23-21(22-3)24-16-18-10-13-25(14-11-18)30(4,26)27/h7-8,15,18H,5-6,9-14,16H2,1-4H3,(H2,22,23,24). The van der Waals surface area contributed by atoms with Crippen LogP contribution in [-0.2, 0) is 16.4 Å². The lowest BCUT2D eigenvalue weighted by atomic mass is 9.98. The summed E-state index contributed by atoms with van der Waals surface area (Å²) in [6.45, 7) is 7.85. The maximum absolute atomic E-state index is 11.6. The van der Waals surface area contributed by atoms with Crippen LogP contribution in [0, 0.1) is 5.92 Å². The van der Waals surface area contributed by atoms with Crippen molar-refractivity contribution in [2.24, 2.45) is 10.9 Å². The van der Waals surface area contributed by atoms with Gasteiger partial charge in [-0.3, -0.25) is 4.99 Å². The van der Waals surface area contributed by atoms with Gasteiger partial charge in [0, 0.05) is 33.2 Å². The third-order valence-electron chi connectivity index (χ3n) is 5.14. The van der Waals surface area contributed by atoms with E-state index in [-0.39, 0.29) is 0 Å². The number of guanidine groups is 1. The van der Waals surface area contributed by atoms with Crippen LogP contribution in [0.1, 0.15) is 32.3 Å². The summed E-state index contributed by atoms with van der Waals surface area (Å²) in [7, 11) is -1.32. The lowest BCUT2D eigenvalue weighted by Gasteiger charge is -2.30. The monoisotopic (exact) mass is 440 g/mol. The highest BCUT2D eigenvalue weighted by Crippen LogP contribution is 2.28. The third-order valence-corrected chi connectivity index (χ3v) is 6.44. The van der Waals surface area contributed by atoms with Crippen molar-refractivity contribution in [3.05, 3.63) is 23.8 Å². The van der Waals surface area contributed by atoms with E-state index in [2.05, 4.69) is 21.7 Å². The molecule has 1 heterocycles. The second-order valence-electron chi connectivity index (χ2n) is 7.38. The highest BCUT2D eigenvalue weighted by molar-refractivity contribution is 7.88. The van der Waals surface area contributed by atoms with Crippen LogP contribution in [-0.4, -0.2) is 71.4 Å². The fraction of sp³-hybridized carbons (Fsp3) is 0.667. The van der Waals surface area contributed by atoms with Gasteiger partial charge in [0.15, 0.2) is 17.5 Å². The zero-order valence-corrected chi connectivity index (χ0v) is 19.4. The SMILES string of the molecule is CCOc1ccc(CCNC(=NC)NCC2CCN(S(C)(=O)=O)CC2)cc1OCC. The summed E-state index contributed by atoms with van der Waals surface area (Å²) >= 11 is 0. The van der Waals surface area contributed by atoms with Crippen molar-refractivity contribution in [2.75, 3.05) is 52.7 Å². The molecule has 1 aromatic rings. The van der Waals surface area contributed by atoms with Gasteiger partial charge in [-0.2, -0.15) is 0 Å². The Labute approximate surface area is 181 Å². The largest absolute Gasteiger partial charge is 0.490 e. The van der Waals surface area contributed by atoms with Gasteiger partial charge >= 0.3 is 0 Å². The van der Waals surface area contributed by atoms with Gasteiger partial charge in [-0.05, 0) is 56.7 Å². The molecule has 1 aromatic carbocycles. The van der Waals surface area contributed by atoms with Crippen molar-refractivity contribution in [1.82, 2.24) is 14.9 Å². The van der Waals surface area contributed by atoms with Crippen LogP contribution >= 0.6 is 0 Å². The van der Waals surface area contributed by atoms with Gasteiger partial charge < -0.3 is 20.1 Å². The Bertz CT molecular complexity index is 790. The van der Waals surface area contributed by atoms with Gasteiger partial charge in [0.2, 0.25) is 10.0 Å². The smallest absolute Gasteiger partial charge is 0.211 e. The average Bonchev–Trinajstić information content (AvgIpc) is 2.72. The molecule has 0 atom stereocenters. The van der Waals surface area contributed by atoms with Crippen molar-refractivity contribution < 1.29 is 17.9 Å². The minimum Gasteiger partial charge on any atom is -0.490 e. The summed E-state index contributed by atoms with van der Waals surface area (Å²) in [5.74, 6) is 2.76. The molecule has 0 saturated carbocycles. The van der Waals surface area contributed by atoms with Crippen LogP contribution in [0.3, 0.4) is 0 Å². The van der Waals surface area contributed by atoms with Gasteiger partial charge in [0.25, 0.3) is 0 Å². The summed E-state index contributed by atoms with van der Waals surface area (Å²) in [5, 5.41) is 6.71. The highest BCUT2D eigenvalue weighted by atomic mass is 32.2. The number of hydrogen-bond acceptors (Lipinski definition) is 5. The molecule has 1 saturated heterocycles. The lowest BCUT2D eigenvalue weighted by Crippen LogP contribution is -2.44. The predicted octanol–water partition coefficient (Wildman–Crippen LogP) is 1.86. The number of sulfonamides is 1. The summed E-state index contributed by atoms with van der Waals surface area (Å²) < 4.78 is 36.1. The molecule has 30 heavy (non-hydrogen) atoms. The minimum atomic E-state index is -3.08. The van der Waals surface area contributed by atoms with E-state index in [1.54, 1.807) is 11.4 Å². The van der Waals surface area contributed by atoms with Crippen LogP contribution in [0.2, 0.25) is 0 Å². The quantitative estimate of drug-likeness (QED) is 0.426. The molecule has 0 radical (unpaired) electrons. The number of aliphatic imine (C=N–C) groups is 1. The normalized spacial score (nSPS) is 16.3. The molecule has 0 unspecified atom stereocenters. The Kier molecular flexibility index (Phi) is 9.71. The molecule has 0 spiro atoms. The van der Waals surface area contributed by atoms with E-state index < -0.39 is 10.0 Å². The first-order valence-electron chi connectivity index (χ1n) is 10.7. The van der Waals surface area contributed by atoms with Gasteiger partial charge in [0.05, 0.1) is 19.5 Å². The van der Waals surface area contributed by atoms with E-state index in [0.717, 1.165) is 55.4 Å². The van der Waals surface area contributed by atoms with Crippen molar-refractivity contribution >= 4 is 16.0 Å². The van der Waals surface area contributed by atoms with Gasteiger partial charge in [-0.1, -0.05) is 6.07 Å². The maximum atomic E-state index is 11.6. The number of ether oxygens (including phenoxy) is 2. The highest BCUT2D eigenvalue weighted by Gasteiger charge is 2.24. The zero-order chi connectivity index (χ0) is 22.0. The van der Waals surface area contributed by atoms with Gasteiger partial charge in [-0.15, -0.1) is 0 Å². The first-order valence-corrected chi connectivity index (χ1v) is 12.5. The molecule has 1 fully saturated rings. The van der Waals surface area contributed by atoms with Crippen molar-refractivity contribution in [2.45, 2.75) is 33.1 Å². The Morgan fingerprint density at radius 2 is 1.80 bits per heavy atom. The number of benzene rings is 1. The second kappa shape index (κ2) is 12.0. The number of rotatable bonds is 10. The number of piperidine rings is 1. The molecule has 1 aliphatic rings. The number of nitrogens with zero attached hydrogens (tertiary/aromatic N) is 2. The van der Waals surface area contributed by atoms with E-state index in [1.165, 1.54) is 6.26 Å². The molecular weight excluding hydrogens is 404 g/mol. The van der Waals surface area contributed by atoms with Gasteiger partial charge in [-0.25, -0.2) is 12.7 Å². The molecule has 9 heteroatoms. The topological polar surface area (TPSA) is 92.3 Å². The summed E-state index contributed by atoms with van der Waals surface area (Å²) in [6, 6.07) is 6.04. The summed E-state index contributed by atoms with van der Waals surface area (Å²) in [5.41, 5.74) is 1.16. The van der Waals surface area contributed by atoms with Crippen LogP contribution in [0.15, 0.2) is 23.2 Å². The second-order valence-corrected chi connectivity index (χ2v) is 9.36. The van der Waals surface area contributed by atoms with Crippen LogP contribution in [0.25, 0.3) is 0 Å². The first kappa shape index (κ1) is 24.3. The summed E-state index contributed by atoms with van der Waals surface area (Å²) in [4.78, 5) is 4.29. The molecule has 170 valence electrons. The van der Waals surface area contributed by atoms with E-state index in [1.807, 2.05) is 26.0 Å². The fourth-order valence-corrected chi connectivity index (χ4v) is 4.36. The van der Waals surface area contributed by atoms with E-state index in [4.69, 9.17) is 9.47 Å². The Balaban J connectivity index is 1.76. The molecule has 0 aliphatic carbocycles. The maximum Gasteiger partial charge on any atom is 0.211 e. The Morgan fingerprint density at radius 1 is 1.13 bits per heavy atom. The lowest BCUT2D eigenvalue weighted by molar-refractivity contribution is 0.275. The number of hydrogen-bond donors (Lipinski definition) is 2. The van der Waals surface area contributed by atoms with E-state index in [9.17, 15) is 8.42 Å². The average molecular weight is 441 g/mol. The van der Waals surface area contributed by atoms with Gasteiger partial charge in [0.1, 0.15) is 0 Å². The summed E-state index contributed by atoms with van der Waals surface area (Å²) in [6.07, 6.45) is 3.84. The first-order chi connectivity index (χ1) is 14.4. The molecule has 0 aromatic heterocycles. The van der Waals surface area contributed by atoms with Crippen LogP contribution in [0.4, 0.5) is 0 Å². The molecule has 2 rings (SSSR count).